The summed E-state index contributed by atoms with van der Waals surface area (Å²) in [7, 11) is 0. The van der Waals surface area contributed by atoms with Crippen LogP contribution in [0.2, 0.25) is 0 Å². The van der Waals surface area contributed by atoms with Gasteiger partial charge < -0.3 is 10.4 Å². The molecule has 0 aliphatic rings. The molecule has 0 fully saturated rings. The highest BCUT2D eigenvalue weighted by atomic mass is 16.4. The highest BCUT2D eigenvalue weighted by Gasteiger charge is 2.14. The molecule has 0 saturated carbocycles. The molecule has 1 aromatic carbocycles. The molecule has 1 atom stereocenters. The van der Waals surface area contributed by atoms with Gasteiger partial charge in [-0.1, -0.05) is 19.1 Å². The number of para-hydroxylation sites is 1. The van der Waals surface area contributed by atoms with E-state index in [9.17, 15) is 4.79 Å². The molecule has 0 amide bonds. The molecule has 0 aliphatic heterocycles. The molecule has 0 radical (unpaired) electrons. The Morgan fingerprint density at radius 3 is 2.81 bits per heavy atom. The molecule has 1 aromatic rings. The summed E-state index contributed by atoms with van der Waals surface area (Å²) in [6.07, 6.45) is 0.567. The predicted octanol–water partition coefficient (Wildman–Crippen LogP) is 2.08. The lowest BCUT2D eigenvalue weighted by Gasteiger charge is -2.12. The van der Waals surface area contributed by atoms with Gasteiger partial charge in [0, 0.05) is 6.54 Å². The molecule has 0 spiro atoms. The standard InChI is InChI=1S/C12H14N2O2/c1-2-9(12(15)16)8-14-11-6-4-3-5-10(11)7-13/h3-6,9,14H,2,8H2,1H3,(H,15,16). The second-order valence-corrected chi connectivity index (χ2v) is 3.48. The van der Waals surface area contributed by atoms with E-state index < -0.39 is 11.9 Å². The van der Waals surface area contributed by atoms with Crippen molar-refractivity contribution in [2.24, 2.45) is 5.92 Å². The minimum Gasteiger partial charge on any atom is -0.481 e. The van der Waals surface area contributed by atoms with Crippen molar-refractivity contribution in [1.29, 1.82) is 5.26 Å². The summed E-state index contributed by atoms with van der Waals surface area (Å²) < 4.78 is 0. The molecule has 16 heavy (non-hydrogen) atoms. The smallest absolute Gasteiger partial charge is 0.308 e. The maximum absolute atomic E-state index is 10.8. The number of nitrogens with zero attached hydrogens (tertiary/aromatic N) is 1. The van der Waals surface area contributed by atoms with Crippen molar-refractivity contribution < 1.29 is 9.90 Å². The fraction of sp³-hybridized carbons (Fsp3) is 0.333. The lowest BCUT2D eigenvalue weighted by Crippen LogP contribution is -2.22. The SMILES string of the molecule is CCC(CNc1ccccc1C#N)C(=O)O. The van der Waals surface area contributed by atoms with Crippen molar-refractivity contribution >= 4 is 11.7 Å². The van der Waals surface area contributed by atoms with Crippen molar-refractivity contribution in [2.75, 3.05) is 11.9 Å². The van der Waals surface area contributed by atoms with E-state index >= 15 is 0 Å². The van der Waals surface area contributed by atoms with Crippen molar-refractivity contribution in [3.8, 4) is 6.07 Å². The van der Waals surface area contributed by atoms with Crippen molar-refractivity contribution in [2.45, 2.75) is 13.3 Å². The molecule has 4 nitrogen and oxygen atoms in total. The number of carboxylic acids is 1. The Hall–Kier alpha value is -2.02. The van der Waals surface area contributed by atoms with E-state index in [-0.39, 0.29) is 0 Å². The van der Waals surface area contributed by atoms with Crippen LogP contribution < -0.4 is 5.32 Å². The Morgan fingerprint density at radius 2 is 2.25 bits per heavy atom. The zero-order valence-corrected chi connectivity index (χ0v) is 9.10. The van der Waals surface area contributed by atoms with E-state index in [1.54, 1.807) is 18.2 Å². The van der Waals surface area contributed by atoms with Gasteiger partial charge in [0.05, 0.1) is 17.2 Å². The van der Waals surface area contributed by atoms with Gasteiger partial charge in [0.15, 0.2) is 0 Å². The quantitative estimate of drug-likeness (QED) is 0.793. The van der Waals surface area contributed by atoms with Gasteiger partial charge >= 0.3 is 5.97 Å². The summed E-state index contributed by atoms with van der Waals surface area (Å²) in [6, 6.07) is 9.11. The lowest BCUT2D eigenvalue weighted by molar-refractivity contribution is -0.141. The molecule has 2 N–H and O–H groups in total. The average Bonchev–Trinajstić information content (AvgIpc) is 2.30. The first-order chi connectivity index (χ1) is 7.69. The maximum Gasteiger partial charge on any atom is 0.308 e. The first-order valence-electron chi connectivity index (χ1n) is 5.14. The van der Waals surface area contributed by atoms with E-state index in [0.29, 0.717) is 24.2 Å². The van der Waals surface area contributed by atoms with Crippen molar-refractivity contribution in [3.63, 3.8) is 0 Å². The van der Waals surface area contributed by atoms with Crippen LogP contribution in [0.1, 0.15) is 18.9 Å². The van der Waals surface area contributed by atoms with Crippen LogP contribution in [0, 0.1) is 17.2 Å². The number of carboxylic acid groups (broad SMARTS) is 1. The number of rotatable bonds is 5. The Kier molecular flexibility index (Phi) is 4.34. The second kappa shape index (κ2) is 5.76. The van der Waals surface area contributed by atoms with E-state index in [0.717, 1.165) is 0 Å². The molecule has 84 valence electrons. The van der Waals surface area contributed by atoms with Gasteiger partial charge in [-0.2, -0.15) is 5.26 Å². The fourth-order valence-electron chi connectivity index (χ4n) is 1.37. The summed E-state index contributed by atoms with van der Waals surface area (Å²) in [6.45, 7) is 2.17. The minimum atomic E-state index is -0.815. The van der Waals surface area contributed by atoms with E-state index in [1.807, 2.05) is 13.0 Å². The summed E-state index contributed by atoms with van der Waals surface area (Å²) in [5.74, 6) is -1.24. The van der Waals surface area contributed by atoms with E-state index in [1.165, 1.54) is 0 Å². The monoisotopic (exact) mass is 218 g/mol. The maximum atomic E-state index is 10.8. The van der Waals surface area contributed by atoms with Gasteiger partial charge in [-0.25, -0.2) is 0 Å². The molecule has 0 aliphatic carbocycles. The van der Waals surface area contributed by atoms with Crippen LogP contribution in [0.3, 0.4) is 0 Å². The second-order valence-electron chi connectivity index (χ2n) is 3.48. The first kappa shape index (κ1) is 12.1. The fourth-order valence-corrected chi connectivity index (χ4v) is 1.37. The minimum absolute atomic E-state index is 0.338. The number of benzene rings is 1. The molecule has 4 heteroatoms. The average molecular weight is 218 g/mol. The van der Waals surface area contributed by atoms with Gasteiger partial charge in [0.1, 0.15) is 6.07 Å². The van der Waals surface area contributed by atoms with Crippen LogP contribution in [0.4, 0.5) is 5.69 Å². The largest absolute Gasteiger partial charge is 0.481 e. The van der Waals surface area contributed by atoms with Crippen LogP contribution in [0.25, 0.3) is 0 Å². The third-order valence-corrected chi connectivity index (χ3v) is 2.43. The van der Waals surface area contributed by atoms with Gasteiger partial charge in [0.25, 0.3) is 0 Å². The highest BCUT2D eigenvalue weighted by molar-refractivity contribution is 5.71. The Morgan fingerprint density at radius 1 is 1.56 bits per heavy atom. The van der Waals surface area contributed by atoms with Crippen LogP contribution in [-0.4, -0.2) is 17.6 Å². The third-order valence-electron chi connectivity index (χ3n) is 2.43. The number of aliphatic carboxylic acids is 1. The number of hydrogen-bond acceptors (Lipinski definition) is 3. The molecule has 1 unspecified atom stereocenters. The normalized spacial score (nSPS) is 11.5. The third kappa shape index (κ3) is 2.99. The lowest BCUT2D eigenvalue weighted by atomic mass is 10.1. The molecule has 1 rings (SSSR count). The zero-order chi connectivity index (χ0) is 12.0. The van der Waals surface area contributed by atoms with Crippen LogP contribution in [-0.2, 0) is 4.79 Å². The van der Waals surface area contributed by atoms with Crippen LogP contribution in [0.15, 0.2) is 24.3 Å². The van der Waals surface area contributed by atoms with Gasteiger partial charge in [0.2, 0.25) is 0 Å². The summed E-state index contributed by atoms with van der Waals surface area (Å²) >= 11 is 0. The number of nitriles is 1. The van der Waals surface area contributed by atoms with Gasteiger partial charge in [-0.3, -0.25) is 4.79 Å². The molecule has 0 bridgehead atoms. The number of carbonyl (C=O) groups is 1. The predicted molar refractivity (Wildman–Crippen MR) is 61.1 cm³/mol. The van der Waals surface area contributed by atoms with Gasteiger partial charge in [-0.15, -0.1) is 0 Å². The van der Waals surface area contributed by atoms with E-state index in [4.69, 9.17) is 10.4 Å². The van der Waals surface area contributed by atoms with Crippen molar-refractivity contribution in [3.05, 3.63) is 29.8 Å². The molecular weight excluding hydrogens is 204 g/mol. The Balaban J connectivity index is 2.67. The molecule has 0 heterocycles. The highest BCUT2D eigenvalue weighted by Crippen LogP contribution is 2.14. The summed E-state index contributed by atoms with van der Waals surface area (Å²) in [4.78, 5) is 10.8. The molecular formula is C12H14N2O2. The molecule has 0 aromatic heterocycles. The van der Waals surface area contributed by atoms with Gasteiger partial charge in [-0.05, 0) is 18.6 Å². The van der Waals surface area contributed by atoms with Crippen LogP contribution in [0.5, 0.6) is 0 Å². The zero-order valence-electron chi connectivity index (χ0n) is 9.10. The topological polar surface area (TPSA) is 73.1 Å². The first-order valence-corrected chi connectivity index (χ1v) is 5.14. The number of nitrogens with one attached hydrogen (secondary N) is 1. The van der Waals surface area contributed by atoms with Crippen LogP contribution >= 0.6 is 0 Å². The van der Waals surface area contributed by atoms with Crippen molar-refractivity contribution in [1.82, 2.24) is 0 Å². The van der Waals surface area contributed by atoms with E-state index in [2.05, 4.69) is 11.4 Å². The Labute approximate surface area is 94.5 Å². The summed E-state index contributed by atoms with van der Waals surface area (Å²) in [5.41, 5.74) is 1.22. The Bertz CT molecular complexity index is 410. The number of anilines is 1. The number of hydrogen-bond donors (Lipinski definition) is 2. The summed E-state index contributed by atoms with van der Waals surface area (Å²) in [5, 5.41) is 20.7. The molecule has 0 saturated heterocycles.